The Bertz CT molecular complexity index is 120. The second-order valence-electron chi connectivity index (χ2n) is 2.83. The van der Waals surface area contributed by atoms with Gasteiger partial charge in [0.05, 0.1) is 0 Å². The fraction of sp³-hybridized carbons (Fsp3) is 0.625. The molecule has 0 atom stereocenters. The lowest BCUT2D eigenvalue weighted by Crippen LogP contribution is -2.25. The van der Waals surface area contributed by atoms with E-state index in [1.807, 2.05) is 11.8 Å². The third kappa shape index (κ3) is 2.65. The Morgan fingerprint density at radius 3 is 2.90 bits per heavy atom. The van der Waals surface area contributed by atoms with Crippen LogP contribution in [0.25, 0.3) is 0 Å². The van der Waals surface area contributed by atoms with Crippen LogP contribution in [0.5, 0.6) is 0 Å². The molecule has 0 spiro atoms. The number of thioether (sulfide) groups is 1. The molecule has 0 bridgehead atoms. The van der Waals surface area contributed by atoms with E-state index in [0.29, 0.717) is 0 Å². The van der Waals surface area contributed by atoms with E-state index in [0.717, 1.165) is 6.54 Å². The van der Waals surface area contributed by atoms with Gasteiger partial charge in [-0.2, -0.15) is 0 Å². The van der Waals surface area contributed by atoms with E-state index in [-0.39, 0.29) is 0 Å². The SMILES string of the molecule is C[C](C)CN1C=CSCC1. The van der Waals surface area contributed by atoms with Crippen LogP contribution in [0.2, 0.25) is 0 Å². The Morgan fingerprint density at radius 1 is 1.60 bits per heavy atom. The summed E-state index contributed by atoms with van der Waals surface area (Å²) in [6, 6.07) is 0. The summed E-state index contributed by atoms with van der Waals surface area (Å²) in [6.45, 7) is 6.68. The van der Waals surface area contributed by atoms with Gasteiger partial charge in [-0.3, -0.25) is 0 Å². The molecule has 0 amide bonds. The molecule has 1 heterocycles. The quantitative estimate of drug-likeness (QED) is 0.602. The highest BCUT2D eigenvalue weighted by molar-refractivity contribution is 8.02. The van der Waals surface area contributed by atoms with Crippen molar-refractivity contribution in [3.63, 3.8) is 0 Å². The Hall–Kier alpha value is -0.110. The highest BCUT2D eigenvalue weighted by Crippen LogP contribution is 2.12. The van der Waals surface area contributed by atoms with Crippen molar-refractivity contribution in [1.82, 2.24) is 4.90 Å². The highest BCUT2D eigenvalue weighted by atomic mass is 32.2. The third-order valence-corrected chi connectivity index (χ3v) is 2.12. The van der Waals surface area contributed by atoms with Crippen LogP contribution in [-0.4, -0.2) is 23.7 Å². The molecule has 0 N–H and O–H groups in total. The first-order valence-corrected chi connectivity index (χ1v) is 4.65. The van der Waals surface area contributed by atoms with E-state index >= 15 is 0 Å². The van der Waals surface area contributed by atoms with E-state index in [9.17, 15) is 0 Å². The van der Waals surface area contributed by atoms with Crippen LogP contribution < -0.4 is 0 Å². The molecule has 0 unspecified atom stereocenters. The lowest BCUT2D eigenvalue weighted by Gasteiger charge is -2.24. The Balaban J connectivity index is 2.26. The fourth-order valence-electron chi connectivity index (χ4n) is 0.980. The van der Waals surface area contributed by atoms with Crippen molar-refractivity contribution in [1.29, 1.82) is 0 Å². The van der Waals surface area contributed by atoms with Crippen molar-refractivity contribution in [2.45, 2.75) is 13.8 Å². The number of nitrogens with zero attached hydrogens (tertiary/aromatic N) is 1. The van der Waals surface area contributed by atoms with Gasteiger partial charge in [0.1, 0.15) is 0 Å². The largest absolute Gasteiger partial charge is 0.376 e. The molecule has 0 aromatic heterocycles. The molecule has 0 fully saturated rings. The minimum atomic E-state index is 1.12. The molecule has 1 radical (unpaired) electrons. The van der Waals surface area contributed by atoms with Gasteiger partial charge in [-0.15, -0.1) is 11.8 Å². The Labute approximate surface area is 67.5 Å². The van der Waals surface area contributed by atoms with Crippen LogP contribution in [0.3, 0.4) is 0 Å². The monoisotopic (exact) mass is 156 g/mol. The predicted molar refractivity (Wildman–Crippen MR) is 47.8 cm³/mol. The Morgan fingerprint density at radius 2 is 2.40 bits per heavy atom. The average molecular weight is 156 g/mol. The maximum atomic E-state index is 2.35. The summed E-state index contributed by atoms with van der Waals surface area (Å²) in [6.07, 6.45) is 2.18. The smallest absolute Gasteiger partial charge is 0.0267 e. The molecular weight excluding hydrogens is 142 g/mol. The van der Waals surface area contributed by atoms with Gasteiger partial charge in [-0.1, -0.05) is 13.8 Å². The number of hydrogen-bond acceptors (Lipinski definition) is 2. The topological polar surface area (TPSA) is 3.24 Å². The maximum Gasteiger partial charge on any atom is 0.0267 e. The normalized spacial score (nSPS) is 18.5. The zero-order chi connectivity index (χ0) is 7.40. The van der Waals surface area contributed by atoms with Crippen LogP contribution in [0.1, 0.15) is 13.8 Å². The van der Waals surface area contributed by atoms with E-state index < -0.39 is 0 Å². The zero-order valence-corrected chi connectivity index (χ0v) is 7.45. The molecular formula is C8H14NS. The van der Waals surface area contributed by atoms with Gasteiger partial charge in [0.15, 0.2) is 0 Å². The molecule has 1 aliphatic heterocycles. The van der Waals surface area contributed by atoms with Crippen LogP contribution in [-0.2, 0) is 0 Å². The van der Waals surface area contributed by atoms with Gasteiger partial charge in [0.25, 0.3) is 0 Å². The fourth-order valence-corrected chi connectivity index (χ4v) is 1.71. The molecule has 0 saturated heterocycles. The van der Waals surface area contributed by atoms with Crippen molar-refractivity contribution < 1.29 is 0 Å². The van der Waals surface area contributed by atoms with Gasteiger partial charge in [-0.05, 0) is 11.3 Å². The summed E-state index contributed by atoms with van der Waals surface area (Å²) in [5.74, 6) is 2.72. The van der Waals surface area contributed by atoms with E-state index in [1.165, 1.54) is 18.2 Å². The van der Waals surface area contributed by atoms with E-state index in [2.05, 4.69) is 30.4 Å². The first-order chi connectivity index (χ1) is 4.79. The molecule has 1 aliphatic rings. The van der Waals surface area contributed by atoms with Gasteiger partial charge in [0, 0.05) is 25.0 Å². The second kappa shape index (κ2) is 3.91. The van der Waals surface area contributed by atoms with Crippen LogP contribution in [0.15, 0.2) is 11.6 Å². The third-order valence-electron chi connectivity index (χ3n) is 1.38. The average Bonchev–Trinajstić information content (AvgIpc) is 1.88. The van der Waals surface area contributed by atoms with Crippen molar-refractivity contribution in [2.24, 2.45) is 0 Å². The molecule has 2 heteroatoms. The standard InChI is InChI=1S/C8H14NS/c1-8(2)7-9-3-5-10-6-4-9/h3,5H,4,6-7H2,1-2H3. The lowest BCUT2D eigenvalue weighted by molar-refractivity contribution is 0.411. The summed E-state index contributed by atoms with van der Waals surface area (Å²) in [5, 5.41) is 2.17. The summed E-state index contributed by atoms with van der Waals surface area (Å²) < 4.78 is 0. The molecule has 0 saturated carbocycles. The molecule has 10 heavy (non-hydrogen) atoms. The van der Waals surface area contributed by atoms with Gasteiger partial charge < -0.3 is 4.90 Å². The maximum absolute atomic E-state index is 2.35. The Kier molecular flexibility index (Phi) is 3.13. The number of hydrogen-bond donors (Lipinski definition) is 0. The summed E-state index contributed by atoms with van der Waals surface area (Å²) in [5.41, 5.74) is 0. The van der Waals surface area contributed by atoms with Crippen molar-refractivity contribution >= 4 is 11.8 Å². The molecule has 57 valence electrons. The van der Waals surface area contributed by atoms with Crippen LogP contribution in [0, 0.1) is 5.92 Å². The number of rotatable bonds is 2. The minimum Gasteiger partial charge on any atom is -0.376 e. The van der Waals surface area contributed by atoms with Crippen molar-refractivity contribution in [3.8, 4) is 0 Å². The van der Waals surface area contributed by atoms with E-state index in [1.54, 1.807) is 0 Å². The summed E-state index contributed by atoms with van der Waals surface area (Å²) in [4.78, 5) is 2.35. The zero-order valence-electron chi connectivity index (χ0n) is 6.63. The minimum absolute atomic E-state index is 1.12. The van der Waals surface area contributed by atoms with Crippen molar-refractivity contribution in [3.05, 3.63) is 17.5 Å². The van der Waals surface area contributed by atoms with Gasteiger partial charge in [-0.25, -0.2) is 0 Å². The van der Waals surface area contributed by atoms with Gasteiger partial charge >= 0.3 is 0 Å². The molecule has 0 aromatic carbocycles. The molecule has 0 aromatic rings. The first-order valence-electron chi connectivity index (χ1n) is 3.60. The second-order valence-corrected chi connectivity index (χ2v) is 3.85. The molecule has 1 nitrogen and oxygen atoms in total. The highest BCUT2D eigenvalue weighted by Gasteiger charge is 2.04. The summed E-state index contributed by atoms with van der Waals surface area (Å²) >= 11 is 1.89. The predicted octanol–water partition coefficient (Wildman–Crippen LogP) is 2.12. The van der Waals surface area contributed by atoms with Crippen LogP contribution in [0.4, 0.5) is 0 Å². The molecule has 0 aliphatic carbocycles. The molecule has 1 rings (SSSR count). The summed E-state index contributed by atoms with van der Waals surface area (Å²) in [7, 11) is 0. The van der Waals surface area contributed by atoms with Gasteiger partial charge in [0.2, 0.25) is 0 Å². The first kappa shape index (κ1) is 7.99. The van der Waals surface area contributed by atoms with Crippen LogP contribution >= 0.6 is 11.8 Å². The van der Waals surface area contributed by atoms with E-state index in [4.69, 9.17) is 0 Å². The van der Waals surface area contributed by atoms with Crippen molar-refractivity contribution in [2.75, 3.05) is 18.8 Å². The lowest BCUT2D eigenvalue weighted by atomic mass is 10.2.